The van der Waals surface area contributed by atoms with E-state index in [2.05, 4.69) is 30.9 Å². The highest BCUT2D eigenvalue weighted by Crippen LogP contribution is 2.27. The Bertz CT molecular complexity index is 1020. The van der Waals surface area contributed by atoms with Gasteiger partial charge in [-0.05, 0) is 45.3 Å². The molecule has 3 heterocycles. The van der Waals surface area contributed by atoms with Crippen LogP contribution in [0.1, 0.15) is 6.92 Å². The maximum atomic E-state index is 11.7. The third-order valence-electron chi connectivity index (χ3n) is 4.45. The van der Waals surface area contributed by atoms with Gasteiger partial charge < -0.3 is 15.4 Å². The largest absolute Gasteiger partial charge is 0.357 e. The maximum absolute atomic E-state index is 11.7. The lowest BCUT2D eigenvalue weighted by atomic mass is 10.1. The second-order valence-corrected chi connectivity index (χ2v) is 6.91. The van der Waals surface area contributed by atoms with Crippen LogP contribution in [0.5, 0.6) is 0 Å². The van der Waals surface area contributed by atoms with E-state index in [1.165, 1.54) is 0 Å². The van der Waals surface area contributed by atoms with Crippen molar-refractivity contribution < 1.29 is 9.53 Å². The minimum Gasteiger partial charge on any atom is -0.357 e. The first kappa shape index (κ1) is 19.0. The summed E-state index contributed by atoms with van der Waals surface area (Å²) in [7, 11) is 3.97. The lowest BCUT2D eigenvalue weighted by Gasteiger charge is -2.08. The molecule has 1 aliphatic heterocycles. The monoisotopic (exact) mass is 393 g/mol. The molecule has 2 amide bonds. The number of nitrogens with one attached hydrogen (secondary N) is 3. The SMILES string of the molecule is CCNC(=O)Nc1ccc2ncc(-c3ccc(NC4OC4N(C)C)cc3)nc2n1. The molecular formula is C20H23N7O2. The molecule has 1 aliphatic rings. The highest BCUT2D eigenvalue weighted by Gasteiger charge is 2.40. The number of amides is 2. The second-order valence-electron chi connectivity index (χ2n) is 6.91. The van der Waals surface area contributed by atoms with Gasteiger partial charge in [0, 0.05) is 17.8 Å². The molecule has 3 N–H and O–H groups in total. The van der Waals surface area contributed by atoms with Crippen LogP contribution in [-0.2, 0) is 4.74 Å². The van der Waals surface area contributed by atoms with Gasteiger partial charge in [0.05, 0.1) is 11.9 Å². The Kier molecular flexibility index (Phi) is 5.24. The third kappa shape index (κ3) is 4.41. The number of carbonyl (C=O) groups excluding carboxylic acids is 1. The highest BCUT2D eigenvalue weighted by molar-refractivity contribution is 5.89. The van der Waals surface area contributed by atoms with E-state index in [-0.39, 0.29) is 18.5 Å². The van der Waals surface area contributed by atoms with Gasteiger partial charge in [-0.3, -0.25) is 15.2 Å². The zero-order valence-electron chi connectivity index (χ0n) is 16.5. The van der Waals surface area contributed by atoms with Crippen LogP contribution in [0.25, 0.3) is 22.4 Å². The summed E-state index contributed by atoms with van der Waals surface area (Å²) in [4.78, 5) is 27.1. The van der Waals surface area contributed by atoms with E-state index < -0.39 is 0 Å². The molecule has 29 heavy (non-hydrogen) atoms. The van der Waals surface area contributed by atoms with Crippen LogP contribution in [0.4, 0.5) is 16.3 Å². The number of carbonyl (C=O) groups is 1. The molecule has 4 rings (SSSR count). The lowest BCUT2D eigenvalue weighted by Crippen LogP contribution is -2.28. The summed E-state index contributed by atoms with van der Waals surface area (Å²) in [5, 5.41) is 8.69. The summed E-state index contributed by atoms with van der Waals surface area (Å²) < 4.78 is 5.55. The average Bonchev–Trinajstić information content (AvgIpc) is 3.48. The standard InChI is InChI=1S/C20H23N7O2/c1-4-21-20(28)26-16-10-9-14-17(25-16)24-15(11-22-14)12-5-7-13(8-6-12)23-18-19(29-18)27(2)3/h5-11,18-19,23H,4H2,1-3H3,(H2,21,24,25,26,28). The molecule has 3 aromatic rings. The van der Waals surface area contributed by atoms with Gasteiger partial charge in [-0.25, -0.2) is 14.8 Å². The van der Waals surface area contributed by atoms with Crippen LogP contribution in [0.2, 0.25) is 0 Å². The van der Waals surface area contributed by atoms with Gasteiger partial charge in [0.15, 0.2) is 18.1 Å². The van der Waals surface area contributed by atoms with Crippen LogP contribution in [0.3, 0.4) is 0 Å². The Morgan fingerprint density at radius 3 is 2.62 bits per heavy atom. The Morgan fingerprint density at radius 1 is 1.14 bits per heavy atom. The smallest absolute Gasteiger partial charge is 0.320 e. The van der Waals surface area contributed by atoms with Crippen LogP contribution < -0.4 is 16.0 Å². The van der Waals surface area contributed by atoms with Crippen LogP contribution in [-0.4, -0.2) is 59.0 Å². The summed E-state index contributed by atoms with van der Waals surface area (Å²) in [5.41, 5.74) is 3.74. The number of anilines is 2. The fraction of sp³-hybridized carbons (Fsp3) is 0.300. The Morgan fingerprint density at radius 2 is 1.93 bits per heavy atom. The Labute approximate surface area is 168 Å². The van der Waals surface area contributed by atoms with E-state index in [0.717, 1.165) is 11.3 Å². The van der Waals surface area contributed by atoms with Crippen LogP contribution in [0, 0.1) is 0 Å². The molecule has 2 unspecified atom stereocenters. The molecule has 0 aliphatic carbocycles. The van der Waals surface area contributed by atoms with Crippen molar-refractivity contribution in [1.82, 2.24) is 25.2 Å². The number of aromatic nitrogens is 3. The van der Waals surface area contributed by atoms with Crippen LogP contribution >= 0.6 is 0 Å². The van der Waals surface area contributed by atoms with Crippen molar-refractivity contribution in [3.63, 3.8) is 0 Å². The van der Waals surface area contributed by atoms with Gasteiger partial charge in [-0.2, -0.15) is 0 Å². The van der Waals surface area contributed by atoms with Crippen molar-refractivity contribution in [2.75, 3.05) is 31.3 Å². The summed E-state index contributed by atoms with van der Waals surface area (Å²) in [6, 6.07) is 11.1. The highest BCUT2D eigenvalue weighted by atomic mass is 16.6. The Hall–Kier alpha value is -3.30. The second kappa shape index (κ2) is 7.98. The molecule has 1 saturated heterocycles. The van der Waals surface area contributed by atoms with E-state index in [1.807, 2.05) is 50.2 Å². The van der Waals surface area contributed by atoms with Gasteiger partial charge in [0.1, 0.15) is 11.3 Å². The molecule has 9 heteroatoms. The summed E-state index contributed by atoms with van der Waals surface area (Å²) in [6.07, 6.45) is 1.83. The number of hydrogen-bond acceptors (Lipinski definition) is 7. The van der Waals surface area contributed by atoms with Gasteiger partial charge >= 0.3 is 6.03 Å². The van der Waals surface area contributed by atoms with Crippen molar-refractivity contribution in [2.45, 2.75) is 19.4 Å². The minimum atomic E-state index is -0.303. The molecule has 0 bridgehead atoms. The predicted octanol–water partition coefficient (Wildman–Crippen LogP) is 2.49. The molecule has 2 aromatic heterocycles. The topological polar surface area (TPSA) is 108 Å². The number of fused-ring (bicyclic) bond motifs is 1. The molecule has 1 fully saturated rings. The summed E-state index contributed by atoms with van der Waals surface area (Å²) >= 11 is 0. The van der Waals surface area contributed by atoms with Gasteiger partial charge in [0.2, 0.25) is 0 Å². The molecular weight excluding hydrogens is 370 g/mol. The van der Waals surface area contributed by atoms with E-state index in [4.69, 9.17) is 4.74 Å². The number of hydrogen-bond donors (Lipinski definition) is 3. The van der Waals surface area contributed by atoms with E-state index >= 15 is 0 Å². The number of ether oxygens (including phenoxy) is 1. The molecule has 1 aromatic carbocycles. The quantitative estimate of drug-likeness (QED) is 0.552. The number of rotatable bonds is 6. The van der Waals surface area contributed by atoms with Gasteiger partial charge in [-0.15, -0.1) is 0 Å². The van der Waals surface area contributed by atoms with E-state index in [1.54, 1.807) is 18.3 Å². The van der Waals surface area contributed by atoms with E-state index in [0.29, 0.717) is 29.2 Å². The predicted molar refractivity (Wildman–Crippen MR) is 111 cm³/mol. The van der Waals surface area contributed by atoms with Crippen molar-refractivity contribution in [3.8, 4) is 11.3 Å². The average molecular weight is 393 g/mol. The number of likely N-dealkylation sites (N-methyl/N-ethyl adjacent to an activating group) is 1. The first-order valence-corrected chi connectivity index (χ1v) is 9.41. The minimum absolute atomic E-state index is 0.0105. The zero-order chi connectivity index (χ0) is 20.4. The molecule has 0 saturated carbocycles. The van der Waals surface area contributed by atoms with Crippen molar-refractivity contribution >= 4 is 28.7 Å². The first-order valence-electron chi connectivity index (χ1n) is 9.41. The summed E-state index contributed by atoms with van der Waals surface area (Å²) in [5.74, 6) is 0.425. The Balaban J connectivity index is 1.50. The third-order valence-corrected chi connectivity index (χ3v) is 4.45. The van der Waals surface area contributed by atoms with Crippen molar-refractivity contribution in [3.05, 3.63) is 42.6 Å². The fourth-order valence-corrected chi connectivity index (χ4v) is 2.93. The van der Waals surface area contributed by atoms with E-state index in [9.17, 15) is 4.79 Å². The maximum Gasteiger partial charge on any atom is 0.320 e. The van der Waals surface area contributed by atoms with Crippen molar-refractivity contribution in [1.29, 1.82) is 0 Å². The zero-order valence-corrected chi connectivity index (χ0v) is 16.5. The van der Waals surface area contributed by atoms with Gasteiger partial charge in [0.25, 0.3) is 0 Å². The number of epoxide rings is 1. The lowest BCUT2D eigenvalue weighted by molar-refractivity contribution is 0.245. The van der Waals surface area contributed by atoms with Gasteiger partial charge in [-0.1, -0.05) is 12.1 Å². The molecule has 9 nitrogen and oxygen atoms in total. The number of benzene rings is 1. The first-order chi connectivity index (χ1) is 14.0. The molecule has 2 atom stereocenters. The molecule has 0 radical (unpaired) electrons. The fourth-order valence-electron chi connectivity index (χ4n) is 2.93. The number of pyridine rings is 1. The summed E-state index contributed by atoms with van der Waals surface area (Å²) in [6.45, 7) is 2.39. The molecule has 0 spiro atoms. The van der Waals surface area contributed by atoms with Crippen molar-refractivity contribution in [2.24, 2.45) is 0 Å². The molecule has 150 valence electrons. The van der Waals surface area contributed by atoms with Crippen LogP contribution in [0.15, 0.2) is 42.6 Å². The number of nitrogens with zero attached hydrogens (tertiary/aromatic N) is 4. The normalized spacial score (nSPS) is 17.9. The number of urea groups is 1.